The van der Waals surface area contributed by atoms with Crippen LogP contribution in [0.25, 0.3) is 0 Å². The highest BCUT2D eigenvalue weighted by Crippen LogP contribution is 2.29. The molecule has 0 aliphatic carbocycles. The van der Waals surface area contributed by atoms with Crippen LogP contribution in [0.2, 0.25) is 10.0 Å². The normalized spacial score (nSPS) is 12.2. The lowest BCUT2D eigenvalue weighted by atomic mass is 10.1. The zero-order valence-electron chi connectivity index (χ0n) is 10.4. The molecule has 0 heterocycles. The average Bonchev–Trinajstić information content (AvgIpc) is 2.37. The van der Waals surface area contributed by atoms with Crippen LogP contribution in [0, 0.1) is 0 Å². The number of aliphatic hydroxyl groups is 1. The van der Waals surface area contributed by atoms with Crippen molar-refractivity contribution in [2.75, 3.05) is 0 Å². The monoisotopic (exact) mass is 296 g/mol. The summed E-state index contributed by atoms with van der Waals surface area (Å²) in [5.41, 5.74) is 0.874. The lowest BCUT2D eigenvalue weighted by molar-refractivity contribution is 0.173. The van der Waals surface area contributed by atoms with Crippen LogP contribution in [0.15, 0.2) is 42.5 Å². The van der Waals surface area contributed by atoms with E-state index >= 15 is 0 Å². The summed E-state index contributed by atoms with van der Waals surface area (Å²) in [7, 11) is 0. The minimum atomic E-state index is -0.435. The first-order valence-corrected chi connectivity index (χ1v) is 6.76. The standard InChI is InChI=1S/C15H14Cl2O2/c1-2-15(18)10-3-5-13(6-4-10)19-14-8-11(16)7-12(17)9-14/h3-9,15,18H,2H2,1H3. The van der Waals surface area contributed by atoms with E-state index in [0.29, 0.717) is 28.0 Å². The molecule has 0 aromatic heterocycles. The molecular weight excluding hydrogens is 283 g/mol. The minimum Gasteiger partial charge on any atom is -0.457 e. The summed E-state index contributed by atoms with van der Waals surface area (Å²) in [6.45, 7) is 1.93. The quantitative estimate of drug-likeness (QED) is 0.837. The smallest absolute Gasteiger partial charge is 0.130 e. The Labute approximate surface area is 122 Å². The summed E-state index contributed by atoms with van der Waals surface area (Å²) in [6, 6.07) is 12.3. The molecule has 0 bridgehead atoms. The second-order valence-electron chi connectivity index (χ2n) is 4.20. The van der Waals surface area contributed by atoms with Crippen molar-refractivity contribution in [3.05, 3.63) is 58.1 Å². The molecule has 0 fully saturated rings. The van der Waals surface area contributed by atoms with Gasteiger partial charge in [0, 0.05) is 10.0 Å². The van der Waals surface area contributed by atoms with Crippen molar-refractivity contribution < 1.29 is 9.84 Å². The number of ether oxygens (including phenoxy) is 1. The number of hydrogen-bond acceptors (Lipinski definition) is 2. The molecule has 19 heavy (non-hydrogen) atoms. The predicted octanol–water partition coefficient (Wildman–Crippen LogP) is 5.23. The molecule has 0 radical (unpaired) electrons. The van der Waals surface area contributed by atoms with E-state index in [9.17, 15) is 5.11 Å². The van der Waals surface area contributed by atoms with Gasteiger partial charge in [-0.3, -0.25) is 0 Å². The van der Waals surface area contributed by atoms with Gasteiger partial charge in [-0.1, -0.05) is 42.3 Å². The first kappa shape index (κ1) is 14.2. The second-order valence-corrected chi connectivity index (χ2v) is 5.07. The molecule has 2 nitrogen and oxygen atoms in total. The molecule has 0 spiro atoms. The predicted molar refractivity (Wildman–Crippen MR) is 78.2 cm³/mol. The molecule has 0 saturated carbocycles. The van der Waals surface area contributed by atoms with Gasteiger partial charge in [0.25, 0.3) is 0 Å². The fraction of sp³-hybridized carbons (Fsp3) is 0.200. The average molecular weight is 297 g/mol. The van der Waals surface area contributed by atoms with E-state index in [1.807, 2.05) is 31.2 Å². The summed E-state index contributed by atoms with van der Waals surface area (Å²) < 4.78 is 5.66. The summed E-state index contributed by atoms with van der Waals surface area (Å²) in [5, 5.41) is 10.8. The maximum atomic E-state index is 9.71. The summed E-state index contributed by atoms with van der Waals surface area (Å²) >= 11 is 11.8. The lowest BCUT2D eigenvalue weighted by Crippen LogP contribution is -1.94. The third kappa shape index (κ3) is 3.87. The van der Waals surface area contributed by atoms with Crippen LogP contribution < -0.4 is 4.74 Å². The second kappa shape index (κ2) is 6.29. The van der Waals surface area contributed by atoms with Gasteiger partial charge in [-0.25, -0.2) is 0 Å². The van der Waals surface area contributed by atoms with E-state index in [2.05, 4.69) is 0 Å². The minimum absolute atomic E-state index is 0.435. The molecule has 0 aliphatic rings. The third-order valence-electron chi connectivity index (χ3n) is 2.72. The number of benzene rings is 2. The molecule has 4 heteroatoms. The van der Waals surface area contributed by atoms with Crippen LogP contribution in [0.4, 0.5) is 0 Å². The summed E-state index contributed by atoms with van der Waals surface area (Å²) in [5.74, 6) is 1.26. The molecule has 1 N–H and O–H groups in total. The van der Waals surface area contributed by atoms with E-state index in [1.165, 1.54) is 0 Å². The van der Waals surface area contributed by atoms with E-state index in [1.54, 1.807) is 18.2 Å². The maximum absolute atomic E-state index is 9.71. The van der Waals surface area contributed by atoms with Gasteiger partial charge in [0.1, 0.15) is 11.5 Å². The van der Waals surface area contributed by atoms with Gasteiger partial charge in [-0.15, -0.1) is 0 Å². The SMILES string of the molecule is CCC(O)c1ccc(Oc2cc(Cl)cc(Cl)c2)cc1. The fourth-order valence-electron chi connectivity index (χ4n) is 1.72. The van der Waals surface area contributed by atoms with Crippen molar-refractivity contribution in [1.29, 1.82) is 0 Å². The van der Waals surface area contributed by atoms with Gasteiger partial charge in [0.15, 0.2) is 0 Å². The largest absolute Gasteiger partial charge is 0.457 e. The van der Waals surface area contributed by atoms with Crippen molar-refractivity contribution in [1.82, 2.24) is 0 Å². The Morgan fingerprint density at radius 2 is 1.58 bits per heavy atom. The zero-order chi connectivity index (χ0) is 13.8. The van der Waals surface area contributed by atoms with Gasteiger partial charge in [0.2, 0.25) is 0 Å². The molecule has 0 amide bonds. The van der Waals surface area contributed by atoms with Gasteiger partial charge in [-0.2, -0.15) is 0 Å². The van der Waals surface area contributed by atoms with Crippen LogP contribution in [0.5, 0.6) is 11.5 Å². The third-order valence-corrected chi connectivity index (χ3v) is 3.16. The van der Waals surface area contributed by atoms with Crippen molar-refractivity contribution in [2.24, 2.45) is 0 Å². The van der Waals surface area contributed by atoms with Crippen molar-refractivity contribution in [2.45, 2.75) is 19.4 Å². The van der Waals surface area contributed by atoms with Crippen LogP contribution in [0.3, 0.4) is 0 Å². The van der Waals surface area contributed by atoms with Gasteiger partial charge >= 0.3 is 0 Å². The highest BCUT2D eigenvalue weighted by atomic mass is 35.5. The maximum Gasteiger partial charge on any atom is 0.130 e. The molecule has 1 atom stereocenters. The lowest BCUT2D eigenvalue weighted by Gasteiger charge is -2.10. The zero-order valence-corrected chi connectivity index (χ0v) is 11.9. The van der Waals surface area contributed by atoms with Crippen LogP contribution in [0.1, 0.15) is 25.0 Å². The fourth-order valence-corrected chi connectivity index (χ4v) is 2.22. The van der Waals surface area contributed by atoms with Crippen molar-refractivity contribution in [3.8, 4) is 11.5 Å². The highest BCUT2D eigenvalue weighted by molar-refractivity contribution is 6.34. The Morgan fingerprint density at radius 3 is 2.11 bits per heavy atom. The number of rotatable bonds is 4. The summed E-state index contributed by atoms with van der Waals surface area (Å²) in [6.07, 6.45) is 0.249. The van der Waals surface area contributed by atoms with E-state index in [0.717, 1.165) is 5.56 Å². The van der Waals surface area contributed by atoms with Gasteiger partial charge in [-0.05, 0) is 42.3 Å². The first-order chi connectivity index (χ1) is 9.08. The van der Waals surface area contributed by atoms with Crippen LogP contribution in [-0.4, -0.2) is 5.11 Å². The molecule has 1 unspecified atom stereocenters. The van der Waals surface area contributed by atoms with Gasteiger partial charge < -0.3 is 9.84 Å². The van der Waals surface area contributed by atoms with Crippen LogP contribution >= 0.6 is 23.2 Å². The first-order valence-electron chi connectivity index (χ1n) is 6.00. The molecule has 2 aromatic rings. The molecule has 2 rings (SSSR count). The molecule has 100 valence electrons. The van der Waals surface area contributed by atoms with E-state index in [4.69, 9.17) is 27.9 Å². The molecular formula is C15H14Cl2O2. The van der Waals surface area contributed by atoms with E-state index in [-0.39, 0.29) is 0 Å². The number of halogens is 2. The number of aliphatic hydroxyl groups excluding tert-OH is 1. The van der Waals surface area contributed by atoms with Crippen molar-refractivity contribution in [3.63, 3.8) is 0 Å². The van der Waals surface area contributed by atoms with E-state index < -0.39 is 6.10 Å². The highest BCUT2D eigenvalue weighted by Gasteiger charge is 2.05. The molecule has 2 aromatic carbocycles. The van der Waals surface area contributed by atoms with Gasteiger partial charge in [0.05, 0.1) is 6.10 Å². The topological polar surface area (TPSA) is 29.5 Å². The van der Waals surface area contributed by atoms with Crippen LogP contribution in [-0.2, 0) is 0 Å². The Balaban J connectivity index is 2.15. The summed E-state index contributed by atoms with van der Waals surface area (Å²) in [4.78, 5) is 0. The Hall–Kier alpha value is -1.22. The Bertz CT molecular complexity index is 532. The molecule has 0 saturated heterocycles. The number of hydrogen-bond donors (Lipinski definition) is 1. The molecule has 0 aliphatic heterocycles. The Morgan fingerprint density at radius 1 is 1.00 bits per heavy atom. The Kier molecular flexibility index (Phi) is 4.70. The van der Waals surface area contributed by atoms with Crippen molar-refractivity contribution >= 4 is 23.2 Å².